The number of rotatable bonds is 7. The van der Waals surface area contributed by atoms with E-state index in [4.69, 9.17) is 13.9 Å². The standard InChI is InChI=1S/C27H31N3O5/c1-17-7-5-10-22(15-17)26-29-28-25(35-26)20(4)34-27(32)21-11-13-23(14-12-21)33-16-24(31)30-18(2)8-6-9-19(30)3/h5,7,10-15,18-20H,6,8-9,16H2,1-4H3. The van der Waals surface area contributed by atoms with E-state index in [-0.39, 0.29) is 30.5 Å². The van der Waals surface area contributed by atoms with Gasteiger partial charge in [0.05, 0.1) is 5.56 Å². The highest BCUT2D eigenvalue weighted by Gasteiger charge is 2.29. The third kappa shape index (κ3) is 5.88. The molecule has 4 rings (SSSR count). The molecule has 1 fully saturated rings. The van der Waals surface area contributed by atoms with Gasteiger partial charge < -0.3 is 18.8 Å². The minimum atomic E-state index is -0.712. The molecule has 0 N–H and O–H groups in total. The number of hydrogen-bond acceptors (Lipinski definition) is 7. The topological polar surface area (TPSA) is 94.8 Å². The molecule has 3 unspecified atom stereocenters. The molecule has 1 aliphatic heterocycles. The van der Waals surface area contributed by atoms with E-state index in [1.54, 1.807) is 31.2 Å². The van der Waals surface area contributed by atoms with Crippen molar-refractivity contribution in [2.45, 2.75) is 65.1 Å². The highest BCUT2D eigenvalue weighted by atomic mass is 16.6. The fourth-order valence-electron chi connectivity index (χ4n) is 4.39. The largest absolute Gasteiger partial charge is 0.484 e. The predicted molar refractivity (Wildman–Crippen MR) is 130 cm³/mol. The number of ether oxygens (including phenoxy) is 2. The first kappa shape index (κ1) is 24.4. The highest BCUT2D eigenvalue weighted by Crippen LogP contribution is 2.25. The number of nitrogens with zero attached hydrogens (tertiary/aromatic N) is 3. The molecule has 35 heavy (non-hydrogen) atoms. The Morgan fingerprint density at radius 1 is 1.09 bits per heavy atom. The fourth-order valence-corrected chi connectivity index (χ4v) is 4.39. The van der Waals surface area contributed by atoms with Gasteiger partial charge in [-0.3, -0.25) is 4.79 Å². The van der Waals surface area contributed by atoms with Crippen LogP contribution >= 0.6 is 0 Å². The van der Waals surface area contributed by atoms with Crippen LogP contribution < -0.4 is 4.74 Å². The summed E-state index contributed by atoms with van der Waals surface area (Å²) in [4.78, 5) is 27.1. The lowest BCUT2D eigenvalue weighted by Gasteiger charge is -2.38. The van der Waals surface area contributed by atoms with Gasteiger partial charge in [-0.05, 0) is 83.4 Å². The molecular weight excluding hydrogens is 446 g/mol. The molecule has 2 aromatic carbocycles. The van der Waals surface area contributed by atoms with Gasteiger partial charge in [0.1, 0.15) is 5.75 Å². The van der Waals surface area contributed by atoms with Crippen LogP contribution in [-0.4, -0.2) is 45.7 Å². The molecule has 1 amide bonds. The molecule has 0 aliphatic carbocycles. The summed E-state index contributed by atoms with van der Waals surface area (Å²) in [6.07, 6.45) is 2.46. The Labute approximate surface area is 205 Å². The van der Waals surface area contributed by atoms with Crippen LogP contribution in [0.25, 0.3) is 11.5 Å². The summed E-state index contributed by atoms with van der Waals surface area (Å²) in [5, 5.41) is 8.09. The van der Waals surface area contributed by atoms with Gasteiger partial charge in [-0.2, -0.15) is 0 Å². The molecule has 0 bridgehead atoms. The van der Waals surface area contributed by atoms with Crippen molar-refractivity contribution < 1.29 is 23.5 Å². The number of esters is 1. The van der Waals surface area contributed by atoms with Crippen LogP contribution in [0, 0.1) is 6.92 Å². The van der Waals surface area contributed by atoms with Crippen molar-refractivity contribution in [3.05, 3.63) is 65.5 Å². The minimum Gasteiger partial charge on any atom is -0.484 e. The normalized spacial score (nSPS) is 18.7. The van der Waals surface area contributed by atoms with E-state index >= 15 is 0 Å². The van der Waals surface area contributed by atoms with Crippen LogP contribution in [0.4, 0.5) is 0 Å². The summed E-state index contributed by atoms with van der Waals surface area (Å²) in [5.74, 6) is 0.559. The molecule has 1 aromatic heterocycles. The first-order chi connectivity index (χ1) is 16.8. The molecule has 184 valence electrons. The first-order valence-electron chi connectivity index (χ1n) is 12.0. The number of hydrogen-bond donors (Lipinski definition) is 0. The quantitative estimate of drug-likeness (QED) is 0.435. The Hall–Kier alpha value is -3.68. The van der Waals surface area contributed by atoms with Crippen LogP contribution in [0.2, 0.25) is 0 Å². The van der Waals surface area contributed by atoms with Gasteiger partial charge >= 0.3 is 5.97 Å². The Morgan fingerprint density at radius 3 is 2.49 bits per heavy atom. The zero-order valence-corrected chi connectivity index (χ0v) is 20.6. The number of piperidine rings is 1. The second kappa shape index (κ2) is 10.7. The lowest BCUT2D eigenvalue weighted by Crippen LogP contribution is -2.49. The van der Waals surface area contributed by atoms with Crippen molar-refractivity contribution in [1.82, 2.24) is 15.1 Å². The van der Waals surface area contributed by atoms with Crippen LogP contribution in [0.3, 0.4) is 0 Å². The molecule has 1 saturated heterocycles. The van der Waals surface area contributed by atoms with Gasteiger partial charge in [0, 0.05) is 17.6 Å². The number of benzene rings is 2. The van der Waals surface area contributed by atoms with E-state index in [1.807, 2.05) is 36.1 Å². The molecule has 0 saturated carbocycles. The number of aryl methyl sites for hydroxylation is 1. The van der Waals surface area contributed by atoms with Crippen molar-refractivity contribution in [2.24, 2.45) is 0 Å². The number of amides is 1. The summed E-state index contributed by atoms with van der Waals surface area (Å²) in [7, 11) is 0. The summed E-state index contributed by atoms with van der Waals surface area (Å²) in [6.45, 7) is 7.78. The molecule has 8 heteroatoms. The zero-order chi connectivity index (χ0) is 24.9. The molecule has 0 radical (unpaired) electrons. The Bertz CT molecular complexity index is 1160. The summed E-state index contributed by atoms with van der Waals surface area (Å²) in [6, 6.07) is 14.7. The maximum Gasteiger partial charge on any atom is 0.338 e. The summed E-state index contributed by atoms with van der Waals surface area (Å²) >= 11 is 0. The smallest absolute Gasteiger partial charge is 0.338 e. The van der Waals surface area contributed by atoms with Gasteiger partial charge in [0.25, 0.3) is 11.8 Å². The zero-order valence-electron chi connectivity index (χ0n) is 20.6. The van der Waals surface area contributed by atoms with Crippen molar-refractivity contribution in [3.8, 4) is 17.2 Å². The van der Waals surface area contributed by atoms with Crippen molar-refractivity contribution in [2.75, 3.05) is 6.61 Å². The van der Waals surface area contributed by atoms with Gasteiger partial charge in [0.2, 0.25) is 5.89 Å². The SMILES string of the molecule is Cc1cccc(-c2nnc(C(C)OC(=O)c3ccc(OCC(=O)N4C(C)CCCC4C)cc3)o2)c1. The average Bonchev–Trinajstić information content (AvgIpc) is 3.34. The van der Waals surface area contributed by atoms with Crippen LogP contribution in [0.1, 0.15) is 67.9 Å². The van der Waals surface area contributed by atoms with E-state index in [1.165, 1.54) is 0 Å². The molecule has 8 nitrogen and oxygen atoms in total. The monoisotopic (exact) mass is 477 g/mol. The number of likely N-dealkylation sites (tertiary alicyclic amines) is 1. The van der Waals surface area contributed by atoms with Gasteiger partial charge in [-0.1, -0.05) is 17.7 Å². The predicted octanol–water partition coefficient (Wildman–Crippen LogP) is 5.13. The fraction of sp³-hybridized carbons (Fsp3) is 0.407. The first-order valence-corrected chi connectivity index (χ1v) is 12.0. The average molecular weight is 478 g/mol. The second-order valence-corrected chi connectivity index (χ2v) is 9.11. The van der Waals surface area contributed by atoms with E-state index in [9.17, 15) is 9.59 Å². The third-order valence-corrected chi connectivity index (χ3v) is 6.27. The Kier molecular flexibility index (Phi) is 7.48. The van der Waals surface area contributed by atoms with Crippen molar-refractivity contribution >= 4 is 11.9 Å². The molecule has 3 atom stereocenters. The molecular formula is C27H31N3O5. The lowest BCUT2D eigenvalue weighted by molar-refractivity contribution is -0.139. The van der Waals surface area contributed by atoms with E-state index in [0.29, 0.717) is 17.2 Å². The third-order valence-electron chi connectivity index (χ3n) is 6.27. The van der Waals surface area contributed by atoms with Gasteiger partial charge in [-0.15, -0.1) is 10.2 Å². The number of carbonyl (C=O) groups is 2. The van der Waals surface area contributed by atoms with E-state index in [0.717, 1.165) is 30.4 Å². The molecule has 1 aliphatic rings. The van der Waals surface area contributed by atoms with Crippen LogP contribution in [0.15, 0.2) is 52.9 Å². The van der Waals surface area contributed by atoms with Gasteiger partial charge in [-0.25, -0.2) is 4.79 Å². The van der Waals surface area contributed by atoms with E-state index in [2.05, 4.69) is 24.0 Å². The maximum atomic E-state index is 12.6. The second-order valence-electron chi connectivity index (χ2n) is 9.11. The Balaban J connectivity index is 1.31. The minimum absolute atomic E-state index is 0.0217. The number of aromatic nitrogens is 2. The van der Waals surface area contributed by atoms with Crippen molar-refractivity contribution in [1.29, 1.82) is 0 Å². The van der Waals surface area contributed by atoms with E-state index < -0.39 is 12.1 Å². The summed E-state index contributed by atoms with van der Waals surface area (Å²) < 4.78 is 16.9. The number of carbonyl (C=O) groups excluding carboxylic acids is 2. The van der Waals surface area contributed by atoms with Crippen molar-refractivity contribution in [3.63, 3.8) is 0 Å². The molecule has 3 aromatic rings. The lowest BCUT2D eigenvalue weighted by atomic mass is 9.97. The van der Waals surface area contributed by atoms with Crippen LogP contribution in [0.5, 0.6) is 5.75 Å². The van der Waals surface area contributed by atoms with Gasteiger partial charge in [0.15, 0.2) is 12.7 Å². The molecule has 2 heterocycles. The molecule has 0 spiro atoms. The Morgan fingerprint density at radius 2 is 1.80 bits per heavy atom. The maximum absolute atomic E-state index is 12.6. The van der Waals surface area contributed by atoms with Crippen LogP contribution in [-0.2, 0) is 9.53 Å². The summed E-state index contributed by atoms with van der Waals surface area (Å²) in [5.41, 5.74) is 2.24. The highest BCUT2D eigenvalue weighted by molar-refractivity contribution is 5.89.